The average molecular weight is 1300 g/mol. The zero-order valence-electron chi connectivity index (χ0n) is 50.5. The Labute approximate surface area is 523 Å². The van der Waals surface area contributed by atoms with Gasteiger partial charge in [-0.2, -0.15) is 0 Å². The second-order valence-electron chi connectivity index (χ2n) is 21.7. The number of ether oxygens (including phenoxy) is 4. The highest BCUT2D eigenvalue weighted by atomic mass is 16.7. The van der Waals surface area contributed by atoms with E-state index in [1.165, 1.54) is 6.92 Å². The molecule has 0 radical (unpaired) electrons. The molecule has 20 atom stereocenters. The van der Waals surface area contributed by atoms with Gasteiger partial charge in [-0.3, -0.25) is 50.8 Å². The molecule has 0 aromatic heterocycles. The van der Waals surface area contributed by atoms with Crippen molar-refractivity contribution in [2.45, 2.75) is 208 Å². The number of hydrogen-bond donors (Lipinski definition) is 25. The smallest absolute Gasteiger partial charge is 0.237 e. The van der Waals surface area contributed by atoms with E-state index in [1.54, 1.807) is 6.92 Å². The van der Waals surface area contributed by atoms with Gasteiger partial charge in [-0.15, -0.1) is 0 Å². The number of nitrogens with two attached hydrogens (primary N) is 12. The molecule has 37 N–H and O–H groups in total. The summed E-state index contributed by atoms with van der Waals surface area (Å²) in [4.78, 5) is 80.0. The third-order valence-corrected chi connectivity index (χ3v) is 14.5. The number of nitrogens with one attached hydrogen (secondary N) is 7. The number of aliphatic imine (C=N–C) groups is 5. The van der Waals surface area contributed by atoms with Gasteiger partial charge in [-0.05, 0) is 77.6 Å². The van der Waals surface area contributed by atoms with E-state index in [4.69, 9.17) is 87.8 Å². The van der Waals surface area contributed by atoms with Crippen molar-refractivity contribution in [1.29, 1.82) is 0 Å². The summed E-state index contributed by atoms with van der Waals surface area (Å²) in [5, 5.41) is 71.4. The van der Waals surface area contributed by atoms with Gasteiger partial charge in [0.15, 0.2) is 42.4 Å². The summed E-state index contributed by atoms with van der Waals surface area (Å²) in [5.41, 5.74) is 82.9. The molecular formula is C51H106N24O15. The van der Waals surface area contributed by atoms with E-state index in [-0.39, 0.29) is 107 Å². The van der Waals surface area contributed by atoms with Crippen molar-refractivity contribution in [1.82, 2.24) is 37.9 Å². The van der Waals surface area contributed by atoms with Gasteiger partial charge < -0.3 is 138 Å². The van der Waals surface area contributed by atoms with E-state index in [0.717, 1.165) is 6.42 Å². The molecule has 1 amide bonds. The zero-order chi connectivity index (χ0) is 66.8. The van der Waals surface area contributed by atoms with Crippen LogP contribution in [0, 0.1) is 5.92 Å². The fourth-order valence-corrected chi connectivity index (χ4v) is 9.36. The van der Waals surface area contributed by atoms with Crippen LogP contribution in [-0.2, 0) is 42.9 Å². The summed E-state index contributed by atoms with van der Waals surface area (Å²) in [6, 6.07) is -7.72. The van der Waals surface area contributed by atoms with Gasteiger partial charge in [0.05, 0.1) is 61.0 Å². The van der Waals surface area contributed by atoms with Gasteiger partial charge in [0.1, 0.15) is 73.5 Å². The first-order valence-electron chi connectivity index (χ1n) is 29.3. The van der Waals surface area contributed by atoms with Crippen molar-refractivity contribution in [3.8, 4) is 0 Å². The van der Waals surface area contributed by atoms with Crippen LogP contribution in [0.15, 0.2) is 25.0 Å². The second kappa shape index (κ2) is 44.3. The Balaban J connectivity index is 0.00000280. The first-order valence-corrected chi connectivity index (χ1v) is 29.3. The highest BCUT2D eigenvalue weighted by Gasteiger charge is 2.53. The predicted molar refractivity (Wildman–Crippen MR) is 334 cm³/mol. The van der Waals surface area contributed by atoms with Crippen LogP contribution < -0.4 is 107 Å². The predicted octanol–water partition coefficient (Wildman–Crippen LogP) is -11.6. The van der Waals surface area contributed by atoms with Crippen LogP contribution in [0.4, 0.5) is 0 Å². The van der Waals surface area contributed by atoms with Crippen molar-refractivity contribution < 1.29 is 73.6 Å². The lowest BCUT2D eigenvalue weighted by Crippen LogP contribution is -2.72. The molecule has 3 aliphatic rings. The normalized spacial score (nSPS) is 28.0. The number of nitrogens with zero attached hydrogens (tertiary/aromatic N) is 5. The number of aldehydes is 3. The third kappa shape index (κ3) is 30.3. The first kappa shape index (κ1) is 81.8. The number of hydrazine groups is 3. The molecule has 0 aromatic rings. The Bertz CT molecular complexity index is 2230. The molecule has 0 spiro atoms. The van der Waals surface area contributed by atoms with Crippen molar-refractivity contribution in [2.75, 3.05) is 45.9 Å². The SMILES string of the molecule is C.CC(=O)C(N)CCCN=C(N)N.CC1C(O)C(CNN[C@@H](C=O)CCCN=C(N)N)OC(OC2C(NN[C@@H](C=O)CCCN=C(N)N)CC(NN[C@@H](C=O)CCCN=C(N)N)C(OC3OC(CO)C(O)C(NC(=O)[C@@H](N)CCCN=C(N)N)C3O)C2O)C1O. The second-order valence-corrected chi connectivity index (χ2v) is 21.7. The van der Waals surface area contributed by atoms with E-state index in [2.05, 4.69) is 62.8 Å². The molecule has 3 fully saturated rings. The molecule has 90 heavy (non-hydrogen) atoms. The molecule has 0 aromatic carbocycles. The molecule has 1 aliphatic carbocycles. The molecule has 16 unspecified atom stereocenters. The van der Waals surface area contributed by atoms with E-state index < -0.39 is 128 Å². The Morgan fingerprint density at radius 1 is 0.544 bits per heavy atom. The van der Waals surface area contributed by atoms with Crippen molar-refractivity contribution in [2.24, 2.45) is 99.7 Å². The van der Waals surface area contributed by atoms with Crippen molar-refractivity contribution in [3.63, 3.8) is 0 Å². The fourth-order valence-electron chi connectivity index (χ4n) is 9.36. The van der Waals surface area contributed by atoms with Crippen LogP contribution in [0.3, 0.4) is 0 Å². The minimum absolute atomic E-state index is 0. The minimum Gasteiger partial charge on any atom is -0.394 e. The monoisotopic (exact) mass is 1290 g/mol. The number of amides is 1. The molecular weight excluding hydrogens is 1190 g/mol. The number of ketones is 1. The lowest BCUT2D eigenvalue weighted by atomic mass is 9.83. The molecule has 520 valence electrons. The molecule has 39 nitrogen and oxygen atoms in total. The summed E-state index contributed by atoms with van der Waals surface area (Å²) < 4.78 is 24.9. The lowest BCUT2D eigenvalue weighted by Gasteiger charge is -2.50. The highest BCUT2D eigenvalue weighted by molar-refractivity contribution is 5.82. The molecule has 1 saturated carbocycles. The Morgan fingerprint density at radius 2 is 0.922 bits per heavy atom. The van der Waals surface area contributed by atoms with E-state index in [9.17, 15) is 54.6 Å². The number of carbonyl (C=O) groups is 5. The van der Waals surface area contributed by atoms with Gasteiger partial charge in [0.2, 0.25) is 5.91 Å². The number of hydrogen-bond acceptors (Lipinski definition) is 28. The number of carbonyl (C=O) groups excluding carboxylic acids is 5. The Hall–Kier alpha value is -6.22. The van der Waals surface area contributed by atoms with Crippen LogP contribution >= 0.6 is 0 Å². The van der Waals surface area contributed by atoms with Crippen LogP contribution in [0.5, 0.6) is 0 Å². The van der Waals surface area contributed by atoms with Crippen molar-refractivity contribution >= 4 is 60.3 Å². The molecule has 39 heteroatoms. The minimum atomic E-state index is -1.90. The number of rotatable bonds is 41. The molecule has 2 saturated heterocycles. The van der Waals surface area contributed by atoms with Gasteiger partial charge in [0, 0.05) is 45.2 Å². The maximum atomic E-state index is 13.4. The van der Waals surface area contributed by atoms with Gasteiger partial charge in [-0.1, -0.05) is 14.4 Å². The first-order chi connectivity index (χ1) is 42.2. The van der Waals surface area contributed by atoms with Crippen LogP contribution in [0.2, 0.25) is 0 Å². The van der Waals surface area contributed by atoms with E-state index in [0.29, 0.717) is 63.9 Å². The van der Waals surface area contributed by atoms with E-state index >= 15 is 0 Å². The average Bonchev–Trinajstić information content (AvgIpc) is 0.922. The quantitative estimate of drug-likeness (QED) is 0.00888. The Kier molecular flexibility index (Phi) is 40.3. The standard InChI is InChI=1S/C43H86N20O14.C7H16N4O.CH4/c1-20-30(68)27(15-57-59-21(16-64)6-2-10-53-40(45)46)74-38(31(20)69)76-35-25(62-60-22(17-65)7-3-11-54-41(47)48)14-26(63-61-23(18-66)8-4-12-55-42(49)50)36(34(35)72)77-39-33(71)29(32(70)28(19-67)75-39)58-37(73)24(44)9-5-13-56-43(51)52;1-5(12)6(8)3-2-4-11-7(9)10;/h16-18,20-36,38-39,57,59-63,67-72H,2-15,19,44H2,1H3,(H,58,73)(H4,45,46,53)(H4,47,48,54)(H4,49,50,55)(H4,51,52,56);6H,2-4,8H2,1H3,(H4,9,10,11);1H4/t20?,21-,22-,23-,24+,25?,26?,27?,28?,29?,30?,31?,32?,33?,34?,35?,36?,38?,39?;;/m1../s1. The summed E-state index contributed by atoms with van der Waals surface area (Å²) in [6.45, 7) is 3.42. The summed E-state index contributed by atoms with van der Waals surface area (Å²) in [7, 11) is 0. The summed E-state index contributed by atoms with van der Waals surface area (Å²) in [6.07, 6.45) is -11.8. The Morgan fingerprint density at radius 3 is 1.31 bits per heavy atom. The third-order valence-electron chi connectivity index (χ3n) is 14.5. The molecule has 3 rings (SSSR count). The molecule has 2 heterocycles. The van der Waals surface area contributed by atoms with Crippen molar-refractivity contribution in [3.05, 3.63) is 0 Å². The molecule has 0 bridgehead atoms. The van der Waals surface area contributed by atoms with Gasteiger partial charge >= 0.3 is 0 Å². The zero-order valence-corrected chi connectivity index (χ0v) is 50.5. The van der Waals surface area contributed by atoms with Crippen LogP contribution in [0.25, 0.3) is 0 Å². The molecule has 2 aliphatic heterocycles. The fraction of sp³-hybridized carbons (Fsp3) is 0.804. The number of aliphatic hydroxyl groups is 6. The number of guanidine groups is 5. The van der Waals surface area contributed by atoms with Crippen LogP contribution in [-0.4, -0.2) is 253 Å². The summed E-state index contributed by atoms with van der Waals surface area (Å²) >= 11 is 0. The highest BCUT2D eigenvalue weighted by Crippen LogP contribution is 2.34. The number of Topliss-reactive ketones (excluding diaryl/α,β-unsaturated/α-hetero) is 1. The topological polar surface area (TPSA) is 702 Å². The van der Waals surface area contributed by atoms with Crippen LogP contribution in [0.1, 0.15) is 91.9 Å². The maximum Gasteiger partial charge on any atom is 0.237 e. The number of aliphatic hydroxyl groups excluding tert-OH is 6. The van der Waals surface area contributed by atoms with Gasteiger partial charge in [-0.25, -0.2) is 16.3 Å². The largest absolute Gasteiger partial charge is 0.394 e. The lowest BCUT2D eigenvalue weighted by molar-refractivity contribution is -0.330. The summed E-state index contributed by atoms with van der Waals surface area (Å²) in [5.74, 6) is -2.17. The van der Waals surface area contributed by atoms with Gasteiger partial charge in [0.25, 0.3) is 0 Å². The van der Waals surface area contributed by atoms with E-state index in [1.807, 2.05) is 0 Å². The maximum absolute atomic E-state index is 13.4.